The Balaban J connectivity index is 1.77. The molecule has 2 unspecified atom stereocenters. The fraction of sp³-hybridized carbons (Fsp3) is 0.500. The Morgan fingerprint density at radius 3 is 2.76 bits per heavy atom. The Kier molecular flexibility index (Phi) is 5.86. The van der Waals surface area contributed by atoms with Crippen LogP contribution in [-0.4, -0.2) is 28.9 Å². The zero-order valence-electron chi connectivity index (χ0n) is 15.3. The third-order valence-corrected chi connectivity index (χ3v) is 6.14. The van der Waals surface area contributed by atoms with Gasteiger partial charge in [0.1, 0.15) is 0 Å². The summed E-state index contributed by atoms with van der Waals surface area (Å²) in [5.74, 6) is 0.200. The number of hydrogen-bond donors (Lipinski definition) is 1. The first-order valence-electron chi connectivity index (χ1n) is 9.19. The molecule has 1 aliphatic rings. The Morgan fingerprint density at radius 1 is 1.32 bits per heavy atom. The van der Waals surface area contributed by atoms with E-state index in [1.54, 1.807) is 11.3 Å². The molecule has 5 heteroatoms. The molecule has 0 fully saturated rings. The van der Waals surface area contributed by atoms with Crippen LogP contribution in [0.1, 0.15) is 49.2 Å². The number of hydrogen-bond acceptors (Lipinski definition) is 4. The van der Waals surface area contributed by atoms with Crippen molar-refractivity contribution in [3.63, 3.8) is 0 Å². The standard InChI is InChI=1S/C20H27N3OS/c1-4-14(3)18(15-9-7-6-8-10-15)19(24)22-20-21-16-11-12-23(5-2)13-17(16)25-20/h6-10,14,18H,4-5,11-13H2,1-3H3,(H,21,22,24). The van der Waals surface area contributed by atoms with Gasteiger partial charge >= 0.3 is 0 Å². The zero-order valence-corrected chi connectivity index (χ0v) is 16.1. The molecule has 2 heterocycles. The van der Waals surface area contributed by atoms with E-state index in [0.717, 1.165) is 48.9 Å². The number of carbonyl (C=O) groups excluding carboxylic acids is 1. The lowest BCUT2D eigenvalue weighted by Gasteiger charge is -2.23. The molecule has 3 rings (SSSR count). The van der Waals surface area contributed by atoms with Crippen LogP contribution in [0.2, 0.25) is 0 Å². The average Bonchev–Trinajstić information content (AvgIpc) is 3.03. The van der Waals surface area contributed by atoms with E-state index in [2.05, 4.69) is 36.0 Å². The molecule has 0 saturated carbocycles. The summed E-state index contributed by atoms with van der Waals surface area (Å²) in [4.78, 5) is 21.4. The van der Waals surface area contributed by atoms with Crippen LogP contribution in [0.5, 0.6) is 0 Å². The highest BCUT2D eigenvalue weighted by Crippen LogP contribution is 2.31. The van der Waals surface area contributed by atoms with E-state index >= 15 is 0 Å². The number of nitrogens with one attached hydrogen (secondary N) is 1. The first-order chi connectivity index (χ1) is 12.1. The number of amides is 1. The second-order valence-electron chi connectivity index (χ2n) is 6.77. The van der Waals surface area contributed by atoms with Crippen LogP contribution >= 0.6 is 11.3 Å². The van der Waals surface area contributed by atoms with E-state index in [4.69, 9.17) is 0 Å². The van der Waals surface area contributed by atoms with Crippen LogP contribution in [0, 0.1) is 5.92 Å². The number of carbonyl (C=O) groups is 1. The zero-order chi connectivity index (χ0) is 17.8. The molecule has 134 valence electrons. The van der Waals surface area contributed by atoms with Gasteiger partial charge in [0.25, 0.3) is 0 Å². The summed E-state index contributed by atoms with van der Waals surface area (Å²) in [7, 11) is 0. The van der Waals surface area contributed by atoms with Gasteiger partial charge in [-0.15, -0.1) is 11.3 Å². The molecule has 1 aromatic heterocycles. The van der Waals surface area contributed by atoms with Gasteiger partial charge in [-0.3, -0.25) is 9.69 Å². The quantitative estimate of drug-likeness (QED) is 0.839. The van der Waals surface area contributed by atoms with E-state index in [9.17, 15) is 4.79 Å². The summed E-state index contributed by atoms with van der Waals surface area (Å²) in [6.45, 7) is 9.53. The van der Waals surface area contributed by atoms with Crippen molar-refractivity contribution in [1.29, 1.82) is 0 Å². The molecule has 0 radical (unpaired) electrons. The van der Waals surface area contributed by atoms with Crippen molar-refractivity contribution in [3.8, 4) is 0 Å². The van der Waals surface area contributed by atoms with E-state index < -0.39 is 0 Å². The van der Waals surface area contributed by atoms with E-state index in [1.165, 1.54) is 4.88 Å². The number of likely N-dealkylation sites (N-methyl/N-ethyl adjacent to an activating group) is 1. The minimum absolute atomic E-state index is 0.0546. The number of aromatic nitrogens is 1. The van der Waals surface area contributed by atoms with E-state index in [-0.39, 0.29) is 17.7 Å². The summed E-state index contributed by atoms with van der Waals surface area (Å²) in [6.07, 6.45) is 1.94. The van der Waals surface area contributed by atoms with Crippen LogP contribution in [-0.2, 0) is 17.8 Å². The lowest BCUT2D eigenvalue weighted by Crippen LogP contribution is -2.29. The molecule has 0 bridgehead atoms. The normalized spacial score (nSPS) is 16.9. The van der Waals surface area contributed by atoms with Crippen LogP contribution < -0.4 is 5.32 Å². The highest BCUT2D eigenvalue weighted by Gasteiger charge is 2.27. The van der Waals surface area contributed by atoms with Gasteiger partial charge in [0.2, 0.25) is 5.91 Å². The summed E-state index contributed by atoms with van der Waals surface area (Å²) in [5, 5.41) is 3.84. The van der Waals surface area contributed by atoms with Crippen molar-refractivity contribution >= 4 is 22.4 Å². The van der Waals surface area contributed by atoms with Crippen molar-refractivity contribution in [2.45, 2.75) is 46.1 Å². The smallest absolute Gasteiger partial charge is 0.233 e. The summed E-state index contributed by atoms with van der Waals surface area (Å²) >= 11 is 1.63. The first kappa shape index (κ1) is 18.1. The molecule has 1 aromatic carbocycles. The minimum atomic E-state index is -0.140. The molecular formula is C20H27N3OS. The highest BCUT2D eigenvalue weighted by molar-refractivity contribution is 7.15. The molecule has 2 atom stereocenters. The lowest BCUT2D eigenvalue weighted by molar-refractivity contribution is -0.118. The average molecular weight is 358 g/mol. The van der Waals surface area contributed by atoms with Crippen molar-refractivity contribution < 1.29 is 4.79 Å². The molecule has 1 amide bonds. The summed E-state index contributed by atoms with van der Waals surface area (Å²) < 4.78 is 0. The predicted molar refractivity (Wildman–Crippen MR) is 104 cm³/mol. The Bertz CT molecular complexity index is 713. The van der Waals surface area contributed by atoms with Crippen LogP contribution in [0.25, 0.3) is 0 Å². The molecule has 1 aliphatic heterocycles. The third-order valence-electron chi connectivity index (χ3n) is 5.14. The minimum Gasteiger partial charge on any atom is -0.301 e. The molecule has 4 nitrogen and oxygen atoms in total. The van der Waals surface area contributed by atoms with Gasteiger partial charge in [-0.1, -0.05) is 57.5 Å². The maximum Gasteiger partial charge on any atom is 0.233 e. The molecule has 2 aromatic rings. The van der Waals surface area contributed by atoms with Gasteiger partial charge in [0, 0.05) is 24.4 Å². The Morgan fingerprint density at radius 2 is 2.08 bits per heavy atom. The molecule has 0 saturated heterocycles. The molecule has 1 N–H and O–H groups in total. The topological polar surface area (TPSA) is 45.2 Å². The molecule has 0 spiro atoms. The van der Waals surface area contributed by atoms with Gasteiger partial charge < -0.3 is 5.32 Å². The number of anilines is 1. The second-order valence-corrected chi connectivity index (χ2v) is 7.85. The number of fused-ring (bicyclic) bond motifs is 1. The predicted octanol–water partition coefficient (Wildman–Crippen LogP) is 4.29. The summed E-state index contributed by atoms with van der Waals surface area (Å²) in [6, 6.07) is 10.1. The SMILES string of the molecule is CCC(C)C(C(=O)Nc1nc2c(s1)CN(CC)CC2)c1ccccc1. The van der Waals surface area contributed by atoms with Gasteiger partial charge in [-0.2, -0.15) is 0 Å². The Hall–Kier alpha value is -1.72. The second kappa shape index (κ2) is 8.11. The van der Waals surface area contributed by atoms with Gasteiger partial charge in [0.15, 0.2) is 5.13 Å². The first-order valence-corrected chi connectivity index (χ1v) is 10.0. The fourth-order valence-electron chi connectivity index (χ4n) is 3.39. The van der Waals surface area contributed by atoms with Crippen molar-refractivity contribution in [1.82, 2.24) is 9.88 Å². The fourth-order valence-corrected chi connectivity index (χ4v) is 4.44. The van der Waals surface area contributed by atoms with Crippen molar-refractivity contribution in [2.75, 3.05) is 18.4 Å². The van der Waals surface area contributed by atoms with Crippen molar-refractivity contribution in [3.05, 3.63) is 46.5 Å². The monoisotopic (exact) mass is 357 g/mol. The number of thiazole rings is 1. The van der Waals surface area contributed by atoms with Gasteiger partial charge in [0.05, 0.1) is 11.6 Å². The number of nitrogens with zero attached hydrogens (tertiary/aromatic N) is 2. The number of benzene rings is 1. The molecular weight excluding hydrogens is 330 g/mol. The van der Waals surface area contributed by atoms with Crippen LogP contribution in [0.3, 0.4) is 0 Å². The van der Waals surface area contributed by atoms with Gasteiger partial charge in [-0.05, 0) is 18.0 Å². The Labute approximate surface area is 154 Å². The van der Waals surface area contributed by atoms with Crippen LogP contribution in [0.4, 0.5) is 5.13 Å². The molecule has 0 aliphatic carbocycles. The van der Waals surface area contributed by atoms with Gasteiger partial charge in [-0.25, -0.2) is 4.98 Å². The van der Waals surface area contributed by atoms with Crippen LogP contribution in [0.15, 0.2) is 30.3 Å². The van der Waals surface area contributed by atoms with Crippen molar-refractivity contribution in [2.24, 2.45) is 5.92 Å². The largest absolute Gasteiger partial charge is 0.301 e. The highest BCUT2D eigenvalue weighted by atomic mass is 32.1. The lowest BCUT2D eigenvalue weighted by atomic mass is 9.85. The number of rotatable bonds is 6. The van der Waals surface area contributed by atoms with E-state index in [0.29, 0.717) is 0 Å². The maximum atomic E-state index is 13.0. The molecule has 25 heavy (non-hydrogen) atoms. The summed E-state index contributed by atoms with van der Waals surface area (Å²) in [5.41, 5.74) is 2.23. The van der Waals surface area contributed by atoms with E-state index in [1.807, 2.05) is 30.3 Å². The third kappa shape index (κ3) is 4.10. The maximum absolute atomic E-state index is 13.0.